The number of aliphatic hydroxyl groups is 1. The third-order valence-corrected chi connectivity index (χ3v) is 2.13. The third-order valence-electron chi connectivity index (χ3n) is 2.13. The highest BCUT2D eigenvalue weighted by Crippen LogP contribution is 2.01. The molecule has 0 fully saturated rings. The zero-order valence-electron chi connectivity index (χ0n) is 8.19. The lowest BCUT2D eigenvalue weighted by atomic mass is 10.1. The first-order chi connectivity index (χ1) is 6.65. The summed E-state index contributed by atoms with van der Waals surface area (Å²) in [5.41, 5.74) is 0. The van der Waals surface area contributed by atoms with Crippen molar-refractivity contribution in [2.45, 2.75) is 19.9 Å². The maximum Gasteiger partial charge on any atom is 0.288 e. The van der Waals surface area contributed by atoms with Crippen molar-refractivity contribution in [2.24, 2.45) is 5.92 Å². The maximum absolute atomic E-state index is 11.4. The van der Waals surface area contributed by atoms with Crippen LogP contribution in [0.5, 0.6) is 0 Å². The molecule has 14 heavy (non-hydrogen) atoms. The van der Waals surface area contributed by atoms with Gasteiger partial charge >= 0.3 is 0 Å². The molecule has 1 amide bonds. The minimum atomic E-state index is -0.310. The van der Waals surface area contributed by atoms with Crippen LogP contribution in [-0.4, -0.2) is 38.8 Å². The summed E-state index contributed by atoms with van der Waals surface area (Å²) in [5, 5.41) is 17.6. The Balaban J connectivity index is 2.49. The maximum atomic E-state index is 11.4. The molecule has 0 radical (unpaired) electrons. The van der Waals surface area contributed by atoms with E-state index >= 15 is 0 Å². The number of hydrogen-bond acceptors (Lipinski definition) is 4. The summed E-state index contributed by atoms with van der Waals surface area (Å²) < 4.78 is 0. The number of hydrogen-bond donors (Lipinski definition) is 3. The standard InChI is InChI=1S/C8H14N4O2/c1-5(3-13)6(2)11-8(14)7-9-4-10-12-7/h4-6,13H,3H2,1-2H3,(H,11,14)(H,9,10,12). The SMILES string of the molecule is CC(CO)C(C)NC(=O)c1ncn[nH]1. The quantitative estimate of drug-likeness (QED) is 0.611. The van der Waals surface area contributed by atoms with Crippen LogP contribution in [-0.2, 0) is 0 Å². The van der Waals surface area contributed by atoms with Crippen LogP contribution in [0.15, 0.2) is 6.33 Å². The summed E-state index contributed by atoms with van der Waals surface area (Å²) in [6.07, 6.45) is 1.27. The van der Waals surface area contributed by atoms with E-state index in [1.54, 1.807) is 0 Å². The lowest BCUT2D eigenvalue weighted by molar-refractivity contribution is 0.0906. The third kappa shape index (κ3) is 2.53. The van der Waals surface area contributed by atoms with Gasteiger partial charge in [-0.3, -0.25) is 9.89 Å². The van der Waals surface area contributed by atoms with Gasteiger partial charge in [-0.15, -0.1) is 0 Å². The molecule has 1 aromatic rings. The molecule has 2 unspecified atom stereocenters. The number of H-pyrrole nitrogens is 1. The van der Waals surface area contributed by atoms with E-state index in [4.69, 9.17) is 5.11 Å². The van der Waals surface area contributed by atoms with Gasteiger partial charge in [-0.25, -0.2) is 4.98 Å². The Morgan fingerprint density at radius 1 is 1.71 bits per heavy atom. The molecule has 0 aliphatic heterocycles. The highest BCUT2D eigenvalue weighted by Gasteiger charge is 2.16. The molecule has 1 rings (SSSR count). The molecule has 0 saturated carbocycles. The minimum absolute atomic E-state index is 0.0156. The molecular formula is C8H14N4O2. The molecule has 0 aliphatic carbocycles. The predicted molar refractivity (Wildman–Crippen MR) is 49.6 cm³/mol. The number of rotatable bonds is 4. The summed E-state index contributed by atoms with van der Waals surface area (Å²) in [7, 11) is 0. The highest BCUT2D eigenvalue weighted by atomic mass is 16.3. The number of carbonyl (C=O) groups excluding carboxylic acids is 1. The molecule has 0 aliphatic rings. The number of carbonyl (C=O) groups is 1. The molecule has 0 spiro atoms. The monoisotopic (exact) mass is 198 g/mol. The molecule has 3 N–H and O–H groups in total. The highest BCUT2D eigenvalue weighted by molar-refractivity contribution is 5.90. The van der Waals surface area contributed by atoms with E-state index in [-0.39, 0.29) is 30.3 Å². The topological polar surface area (TPSA) is 90.9 Å². The van der Waals surface area contributed by atoms with Crippen LogP contribution in [0.2, 0.25) is 0 Å². The lowest BCUT2D eigenvalue weighted by Gasteiger charge is -2.18. The van der Waals surface area contributed by atoms with Gasteiger partial charge in [0.25, 0.3) is 5.91 Å². The van der Waals surface area contributed by atoms with Gasteiger partial charge in [-0.05, 0) is 12.8 Å². The Bertz CT molecular complexity index is 286. The first-order valence-electron chi connectivity index (χ1n) is 4.42. The summed E-state index contributed by atoms with van der Waals surface area (Å²) in [6.45, 7) is 3.72. The van der Waals surface area contributed by atoms with E-state index < -0.39 is 0 Å². The molecule has 6 nitrogen and oxygen atoms in total. The smallest absolute Gasteiger partial charge is 0.288 e. The number of aromatic nitrogens is 3. The van der Waals surface area contributed by atoms with Gasteiger partial charge in [0.2, 0.25) is 5.82 Å². The van der Waals surface area contributed by atoms with Gasteiger partial charge in [-0.2, -0.15) is 5.10 Å². The summed E-state index contributed by atoms with van der Waals surface area (Å²) in [6, 6.07) is -0.0994. The van der Waals surface area contributed by atoms with E-state index in [1.165, 1.54) is 6.33 Å². The fraction of sp³-hybridized carbons (Fsp3) is 0.625. The van der Waals surface area contributed by atoms with E-state index in [9.17, 15) is 4.79 Å². The van der Waals surface area contributed by atoms with Gasteiger partial charge in [0, 0.05) is 12.6 Å². The molecule has 6 heteroatoms. The predicted octanol–water partition coefficient (Wildman–Crippen LogP) is -0.449. The van der Waals surface area contributed by atoms with Gasteiger partial charge < -0.3 is 10.4 Å². The van der Waals surface area contributed by atoms with E-state index in [1.807, 2.05) is 13.8 Å². The molecule has 78 valence electrons. The fourth-order valence-electron chi connectivity index (χ4n) is 0.890. The van der Waals surface area contributed by atoms with Crippen LogP contribution in [0.4, 0.5) is 0 Å². The largest absolute Gasteiger partial charge is 0.396 e. The second-order valence-corrected chi connectivity index (χ2v) is 3.26. The van der Waals surface area contributed by atoms with Crippen LogP contribution >= 0.6 is 0 Å². The molecular weight excluding hydrogens is 184 g/mol. The van der Waals surface area contributed by atoms with Gasteiger partial charge in [-0.1, -0.05) is 6.92 Å². The molecule has 1 aromatic heterocycles. The number of nitrogens with one attached hydrogen (secondary N) is 2. The van der Waals surface area contributed by atoms with Crippen LogP contribution in [0.1, 0.15) is 24.5 Å². The van der Waals surface area contributed by atoms with Crippen molar-refractivity contribution in [3.63, 3.8) is 0 Å². The number of aliphatic hydroxyl groups excluding tert-OH is 1. The van der Waals surface area contributed by atoms with E-state index in [0.29, 0.717) is 0 Å². The summed E-state index contributed by atoms with van der Waals surface area (Å²) in [4.78, 5) is 15.1. The van der Waals surface area contributed by atoms with Crippen molar-refractivity contribution in [2.75, 3.05) is 6.61 Å². The van der Waals surface area contributed by atoms with Crippen molar-refractivity contribution in [3.8, 4) is 0 Å². The second-order valence-electron chi connectivity index (χ2n) is 3.26. The van der Waals surface area contributed by atoms with Crippen molar-refractivity contribution in [3.05, 3.63) is 12.2 Å². The van der Waals surface area contributed by atoms with Crippen molar-refractivity contribution in [1.29, 1.82) is 0 Å². The average Bonchev–Trinajstić information content (AvgIpc) is 2.69. The van der Waals surface area contributed by atoms with Crippen LogP contribution in [0.25, 0.3) is 0 Å². The molecule has 1 heterocycles. The van der Waals surface area contributed by atoms with Crippen LogP contribution < -0.4 is 5.32 Å². The zero-order chi connectivity index (χ0) is 10.6. The second kappa shape index (κ2) is 4.71. The Hall–Kier alpha value is -1.43. The van der Waals surface area contributed by atoms with Gasteiger partial charge in [0.15, 0.2) is 0 Å². The molecule has 0 saturated heterocycles. The Morgan fingerprint density at radius 3 is 2.93 bits per heavy atom. The Labute approximate surface area is 81.7 Å². The minimum Gasteiger partial charge on any atom is -0.396 e. The van der Waals surface area contributed by atoms with Gasteiger partial charge in [0.05, 0.1) is 0 Å². The number of nitrogens with zero attached hydrogens (tertiary/aromatic N) is 2. The van der Waals surface area contributed by atoms with E-state index in [0.717, 1.165) is 0 Å². The van der Waals surface area contributed by atoms with Crippen LogP contribution in [0, 0.1) is 5.92 Å². The Morgan fingerprint density at radius 2 is 2.43 bits per heavy atom. The molecule has 2 atom stereocenters. The Kier molecular flexibility index (Phi) is 3.58. The van der Waals surface area contributed by atoms with Gasteiger partial charge in [0.1, 0.15) is 6.33 Å². The number of amides is 1. The van der Waals surface area contributed by atoms with E-state index in [2.05, 4.69) is 20.5 Å². The lowest BCUT2D eigenvalue weighted by Crippen LogP contribution is -2.38. The summed E-state index contributed by atoms with van der Waals surface area (Å²) in [5.74, 6) is -0.112. The van der Waals surface area contributed by atoms with Crippen molar-refractivity contribution >= 4 is 5.91 Å². The first kappa shape index (κ1) is 10.6. The average molecular weight is 198 g/mol. The normalized spacial score (nSPS) is 14.8. The fourth-order valence-corrected chi connectivity index (χ4v) is 0.890. The molecule has 0 bridgehead atoms. The zero-order valence-corrected chi connectivity index (χ0v) is 8.19. The van der Waals surface area contributed by atoms with Crippen molar-refractivity contribution < 1.29 is 9.90 Å². The van der Waals surface area contributed by atoms with Crippen molar-refractivity contribution in [1.82, 2.24) is 20.5 Å². The summed E-state index contributed by atoms with van der Waals surface area (Å²) >= 11 is 0. The number of aromatic amines is 1. The molecule has 0 aromatic carbocycles. The van der Waals surface area contributed by atoms with Crippen LogP contribution in [0.3, 0.4) is 0 Å². The first-order valence-corrected chi connectivity index (χ1v) is 4.42.